The highest BCUT2D eigenvalue weighted by Crippen LogP contribution is 2.39. The van der Waals surface area contributed by atoms with E-state index in [0.717, 1.165) is 16.9 Å². The maximum Gasteiger partial charge on any atom is 0.407 e. The number of nitrogens with two attached hydrogens (primary N) is 1. The predicted molar refractivity (Wildman–Crippen MR) is 112 cm³/mol. The van der Waals surface area contributed by atoms with Gasteiger partial charge in [0.15, 0.2) is 5.65 Å². The van der Waals surface area contributed by atoms with Crippen LogP contribution in [0.25, 0.3) is 5.65 Å². The van der Waals surface area contributed by atoms with Crippen molar-refractivity contribution in [3.63, 3.8) is 0 Å². The Kier molecular flexibility index (Phi) is 7.24. The number of hydrogen-bond acceptors (Lipinski definition) is 6. The SMILES string of the molecule is CC(C)(C)OC(=O)NCc1cn2ncc(C(N)C3CC3)cc2n1.COC(C)(C)C. The van der Waals surface area contributed by atoms with E-state index in [1.54, 1.807) is 24.0 Å². The molecule has 1 atom stereocenters. The highest BCUT2D eigenvalue weighted by atomic mass is 16.6. The normalized spacial score (nSPS) is 15.4. The first-order valence-corrected chi connectivity index (χ1v) is 10.00. The van der Waals surface area contributed by atoms with Crippen LogP contribution in [0, 0.1) is 5.92 Å². The second-order valence-corrected chi connectivity index (χ2v) is 9.36. The van der Waals surface area contributed by atoms with Gasteiger partial charge in [0, 0.05) is 13.2 Å². The summed E-state index contributed by atoms with van der Waals surface area (Å²) in [6.07, 6.45) is 5.50. The number of aromatic nitrogens is 3. The molecule has 0 aromatic carbocycles. The number of nitrogens with one attached hydrogen (secondary N) is 1. The monoisotopic (exact) mass is 405 g/mol. The van der Waals surface area contributed by atoms with Gasteiger partial charge in [0.25, 0.3) is 0 Å². The van der Waals surface area contributed by atoms with Crippen molar-refractivity contribution in [2.75, 3.05) is 7.11 Å². The van der Waals surface area contributed by atoms with Crippen molar-refractivity contribution in [3.05, 3.63) is 29.7 Å². The van der Waals surface area contributed by atoms with Gasteiger partial charge < -0.3 is 20.5 Å². The number of amides is 1. The first-order chi connectivity index (χ1) is 13.4. The molecule has 1 amide bonds. The van der Waals surface area contributed by atoms with Crippen LogP contribution < -0.4 is 11.1 Å². The number of carbonyl (C=O) groups is 1. The first-order valence-electron chi connectivity index (χ1n) is 10.00. The third-order valence-electron chi connectivity index (χ3n) is 4.33. The highest BCUT2D eigenvalue weighted by molar-refractivity contribution is 5.67. The first kappa shape index (κ1) is 23.1. The van der Waals surface area contributed by atoms with Gasteiger partial charge in [0.2, 0.25) is 0 Å². The lowest BCUT2D eigenvalue weighted by atomic mass is 10.1. The summed E-state index contributed by atoms with van der Waals surface area (Å²) in [5.41, 5.74) is 8.20. The molecule has 8 heteroatoms. The summed E-state index contributed by atoms with van der Waals surface area (Å²) in [6, 6.07) is 2.00. The van der Waals surface area contributed by atoms with Crippen molar-refractivity contribution in [3.8, 4) is 0 Å². The van der Waals surface area contributed by atoms with Crippen LogP contribution in [0.1, 0.15) is 71.7 Å². The van der Waals surface area contributed by atoms with E-state index in [1.807, 2.05) is 47.6 Å². The Morgan fingerprint density at radius 2 is 1.90 bits per heavy atom. The summed E-state index contributed by atoms with van der Waals surface area (Å²) in [7, 11) is 1.71. The molecular weight excluding hydrogens is 370 g/mol. The van der Waals surface area contributed by atoms with Crippen molar-refractivity contribution in [2.24, 2.45) is 11.7 Å². The van der Waals surface area contributed by atoms with Crippen molar-refractivity contribution < 1.29 is 14.3 Å². The van der Waals surface area contributed by atoms with E-state index in [-0.39, 0.29) is 11.6 Å². The Morgan fingerprint density at radius 3 is 2.41 bits per heavy atom. The highest BCUT2D eigenvalue weighted by Gasteiger charge is 2.30. The smallest absolute Gasteiger partial charge is 0.407 e. The largest absolute Gasteiger partial charge is 0.444 e. The van der Waals surface area contributed by atoms with E-state index in [9.17, 15) is 4.79 Å². The van der Waals surface area contributed by atoms with Crippen molar-refractivity contribution in [1.29, 1.82) is 0 Å². The predicted octanol–water partition coefficient (Wildman–Crippen LogP) is 3.60. The molecule has 29 heavy (non-hydrogen) atoms. The van der Waals surface area contributed by atoms with Gasteiger partial charge in [-0.15, -0.1) is 0 Å². The van der Waals surface area contributed by atoms with Gasteiger partial charge in [-0.2, -0.15) is 5.10 Å². The number of nitrogens with zero attached hydrogens (tertiary/aromatic N) is 3. The average molecular weight is 406 g/mol. The van der Waals surface area contributed by atoms with Gasteiger partial charge in [-0.1, -0.05) is 0 Å². The maximum absolute atomic E-state index is 11.7. The van der Waals surface area contributed by atoms with Crippen LogP contribution in [0.15, 0.2) is 18.5 Å². The maximum atomic E-state index is 11.7. The van der Waals surface area contributed by atoms with Gasteiger partial charge in [0.05, 0.1) is 30.2 Å². The van der Waals surface area contributed by atoms with Crippen LogP contribution in [0.2, 0.25) is 0 Å². The molecule has 0 spiro atoms. The molecule has 3 N–H and O–H groups in total. The third kappa shape index (κ3) is 7.98. The van der Waals surface area contributed by atoms with E-state index in [2.05, 4.69) is 15.4 Å². The molecule has 8 nitrogen and oxygen atoms in total. The van der Waals surface area contributed by atoms with Gasteiger partial charge in [-0.25, -0.2) is 14.3 Å². The number of imidazole rings is 1. The molecule has 0 aliphatic heterocycles. The summed E-state index contributed by atoms with van der Waals surface area (Å²) >= 11 is 0. The molecule has 1 fully saturated rings. The number of rotatable bonds is 4. The molecular formula is C21H35N5O3. The quantitative estimate of drug-likeness (QED) is 0.805. The van der Waals surface area contributed by atoms with Crippen LogP contribution >= 0.6 is 0 Å². The molecule has 1 unspecified atom stereocenters. The average Bonchev–Trinajstić information content (AvgIpc) is 3.37. The standard InChI is InChI=1S/C16H23N5O2.C5H12O/c1-16(2,3)23-15(22)18-8-12-9-21-13(20-12)6-11(7-19-21)14(17)10-4-5-10;1-5(2,3)6-4/h6-7,9-10,14H,4-5,8,17H2,1-3H3,(H,18,22);1-4H3. The lowest BCUT2D eigenvalue weighted by Gasteiger charge is -2.19. The molecule has 2 aromatic heterocycles. The molecule has 1 saturated carbocycles. The second kappa shape index (κ2) is 9.09. The Labute approximate surface area is 173 Å². The van der Waals surface area contributed by atoms with Gasteiger partial charge in [0.1, 0.15) is 5.60 Å². The topological polar surface area (TPSA) is 104 Å². The van der Waals surface area contributed by atoms with Crippen LogP contribution in [-0.2, 0) is 16.0 Å². The summed E-state index contributed by atoms with van der Waals surface area (Å²) < 4.78 is 11.8. The summed E-state index contributed by atoms with van der Waals surface area (Å²) in [4.78, 5) is 16.2. The fourth-order valence-corrected chi connectivity index (χ4v) is 2.41. The van der Waals surface area contributed by atoms with E-state index in [4.69, 9.17) is 15.2 Å². The zero-order chi connectivity index (χ0) is 21.8. The lowest BCUT2D eigenvalue weighted by Crippen LogP contribution is -2.32. The van der Waals surface area contributed by atoms with Gasteiger partial charge in [-0.3, -0.25) is 0 Å². The van der Waals surface area contributed by atoms with E-state index in [0.29, 0.717) is 12.5 Å². The van der Waals surface area contributed by atoms with Crippen LogP contribution in [0.3, 0.4) is 0 Å². The van der Waals surface area contributed by atoms with E-state index >= 15 is 0 Å². The Bertz CT molecular complexity index is 816. The van der Waals surface area contributed by atoms with E-state index < -0.39 is 11.7 Å². The molecule has 3 rings (SSSR count). The minimum atomic E-state index is -0.515. The van der Waals surface area contributed by atoms with Crippen molar-refractivity contribution in [1.82, 2.24) is 19.9 Å². The third-order valence-corrected chi connectivity index (χ3v) is 4.33. The summed E-state index contributed by atoms with van der Waals surface area (Å²) in [5, 5.41) is 7.04. The fourth-order valence-electron chi connectivity index (χ4n) is 2.41. The lowest BCUT2D eigenvalue weighted by molar-refractivity contribution is 0.0397. The number of ether oxygens (including phenoxy) is 2. The van der Waals surface area contributed by atoms with Crippen LogP contribution in [0.5, 0.6) is 0 Å². The molecule has 162 valence electrons. The minimum absolute atomic E-state index is 0.0348. The number of methoxy groups -OCH3 is 1. The zero-order valence-electron chi connectivity index (χ0n) is 18.7. The molecule has 0 bridgehead atoms. The minimum Gasteiger partial charge on any atom is -0.444 e. The van der Waals surface area contributed by atoms with Crippen LogP contribution in [0.4, 0.5) is 4.79 Å². The van der Waals surface area contributed by atoms with Crippen LogP contribution in [-0.4, -0.2) is 39.0 Å². The molecule has 1 aliphatic carbocycles. The fraction of sp³-hybridized carbons (Fsp3) is 0.667. The van der Waals surface area contributed by atoms with Gasteiger partial charge in [-0.05, 0) is 71.9 Å². The Morgan fingerprint density at radius 1 is 1.28 bits per heavy atom. The van der Waals surface area contributed by atoms with Crippen molar-refractivity contribution >= 4 is 11.7 Å². The van der Waals surface area contributed by atoms with Gasteiger partial charge >= 0.3 is 6.09 Å². The second-order valence-electron chi connectivity index (χ2n) is 9.36. The number of fused-ring (bicyclic) bond motifs is 1. The molecule has 2 heterocycles. The van der Waals surface area contributed by atoms with E-state index in [1.165, 1.54) is 12.8 Å². The molecule has 0 saturated heterocycles. The number of carbonyl (C=O) groups excluding carboxylic acids is 1. The number of hydrogen-bond donors (Lipinski definition) is 2. The Hall–Kier alpha value is -2.19. The Balaban J connectivity index is 0.000000438. The summed E-state index contributed by atoms with van der Waals surface area (Å²) in [6.45, 7) is 11.8. The summed E-state index contributed by atoms with van der Waals surface area (Å²) in [5.74, 6) is 0.572. The number of alkyl carbamates (subject to hydrolysis) is 1. The molecule has 1 aliphatic rings. The zero-order valence-corrected chi connectivity index (χ0v) is 18.7. The van der Waals surface area contributed by atoms with Crippen molar-refractivity contribution in [2.45, 2.75) is 78.2 Å². The molecule has 2 aromatic rings. The molecule has 0 radical (unpaired) electrons.